The third-order valence-corrected chi connectivity index (χ3v) is 2.88. The van der Waals surface area contributed by atoms with Gasteiger partial charge in [0.2, 0.25) is 0 Å². The molecule has 0 bridgehead atoms. The molecule has 1 aromatic carbocycles. The fraction of sp³-hybridized carbons (Fsp3) is 0.0833. The lowest BCUT2D eigenvalue weighted by Crippen LogP contribution is -2.17. The molecule has 1 amide bonds. The second-order valence-corrected chi connectivity index (χ2v) is 4.48. The van der Waals surface area contributed by atoms with Crippen molar-refractivity contribution in [2.45, 2.75) is 6.92 Å². The van der Waals surface area contributed by atoms with Crippen LogP contribution >= 0.6 is 15.9 Å². The molecule has 0 spiro atoms. The summed E-state index contributed by atoms with van der Waals surface area (Å²) in [7, 11) is 0. The van der Waals surface area contributed by atoms with Gasteiger partial charge in [-0.25, -0.2) is 5.48 Å². The largest absolute Gasteiger partial charge is 0.451 e. The highest BCUT2D eigenvalue weighted by Gasteiger charge is 2.12. The molecular weight excluding hydrogens is 286 g/mol. The standard InChI is InChI=1S/C12H10BrNO3/c1-7-6-8(13)2-3-9(7)10-4-5-11(17-10)12(15)14-16/h2-6,16H,1H3,(H,14,15). The number of nitrogens with one attached hydrogen (secondary N) is 1. The van der Waals surface area contributed by atoms with Gasteiger partial charge in [0, 0.05) is 10.0 Å². The molecule has 0 aliphatic rings. The fourth-order valence-electron chi connectivity index (χ4n) is 1.56. The predicted molar refractivity (Wildman–Crippen MR) is 65.8 cm³/mol. The zero-order valence-corrected chi connectivity index (χ0v) is 10.6. The molecule has 0 aliphatic carbocycles. The minimum atomic E-state index is -0.661. The van der Waals surface area contributed by atoms with E-state index in [2.05, 4.69) is 15.9 Å². The summed E-state index contributed by atoms with van der Waals surface area (Å²) in [5.74, 6) is 0.00411. The smallest absolute Gasteiger partial charge is 0.310 e. The number of halogens is 1. The van der Waals surface area contributed by atoms with Gasteiger partial charge in [0.05, 0.1) is 0 Å². The fourth-order valence-corrected chi connectivity index (χ4v) is 2.04. The molecular formula is C12H10BrNO3. The zero-order chi connectivity index (χ0) is 12.4. The molecule has 2 N–H and O–H groups in total. The highest BCUT2D eigenvalue weighted by molar-refractivity contribution is 9.10. The number of benzene rings is 1. The van der Waals surface area contributed by atoms with E-state index in [9.17, 15) is 4.79 Å². The third kappa shape index (κ3) is 2.40. The quantitative estimate of drug-likeness (QED) is 0.661. The number of carbonyl (C=O) groups is 1. The summed E-state index contributed by atoms with van der Waals surface area (Å²) < 4.78 is 6.34. The first-order valence-electron chi connectivity index (χ1n) is 4.92. The van der Waals surface area contributed by atoms with Crippen LogP contribution in [-0.4, -0.2) is 11.1 Å². The topological polar surface area (TPSA) is 62.5 Å². The molecule has 2 aromatic rings. The van der Waals surface area contributed by atoms with Crippen LogP contribution in [0.1, 0.15) is 16.1 Å². The van der Waals surface area contributed by atoms with Crippen molar-refractivity contribution in [1.29, 1.82) is 0 Å². The first-order valence-corrected chi connectivity index (χ1v) is 5.72. The number of aryl methyl sites for hydroxylation is 1. The van der Waals surface area contributed by atoms with E-state index < -0.39 is 5.91 Å². The Kier molecular flexibility index (Phi) is 3.31. The maximum absolute atomic E-state index is 11.1. The third-order valence-electron chi connectivity index (χ3n) is 2.39. The minimum absolute atomic E-state index is 0.0739. The molecule has 17 heavy (non-hydrogen) atoms. The van der Waals surface area contributed by atoms with Crippen LogP contribution in [0.2, 0.25) is 0 Å². The van der Waals surface area contributed by atoms with Gasteiger partial charge in [0.25, 0.3) is 0 Å². The number of hydrogen-bond donors (Lipinski definition) is 2. The molecule has 0 atom stereocenters. The molecule has 2 rings (SSSR count). The molecule has 0 saturated heterocycles. The van der Waals surface area contributed by atoms with Crippen molar-refractivity contribution in [2.75, 3.05) is 0 Å². The average molecular weight is 296 g/mol. The lowest BCUT2D eigenvalue weighted by molar-refractivity contribution is 0.0677. The Labute approximate surface area is 106 Å². The van der Waals surface area contributed by atoms with Crippen molar-refractivity contribution in [2.24, 2.45) is 0 Å². The normalized spacial score (nSPS) is 10.3. The monoisotopic (exact) mass is 295 g/mol. The van der Waals surface area contributed by atoms with Crippen molar-refractivity contribution in [1.82, 2.24) is 5.48 Å². The molecule has 4 nitrogen and oxygen atoms in total. The van der Waals surface area contributed by atoms with E-state index in [1.165, 1.54) is 11.5 Å². The van der Waals surface area contributed by atoms with Gasteiger partial charge in [-0.05, 0) is 42.8 Å². The predicted octanol–water partition coefficient (Wildman–Crippen LogP) is 3.14. The van der Waals surface area contributed by atoms with Gasteiger partial charge in [0.1, 0.15) is 5.76 Å². The summed E-state index contributed by atoms with van der Waals surface area (Å²) in [6, 6.07) is 8.97. The number of hydrogen-bond acceptors (Lipinski definition) is 3. The van der Waals surface area contributed by atoms with Crippen molar-refractivity contribution in [3.8, 4) is 11.3 Å². The van der Waals surface area contributed by atoms with E-state index in [0.29, 0.717) is 5.76 Å². The first-order chi connectivity index (χ1) is 8.11. The van der Waals surface area contributed by atoms with Crippen LogP contribution in [0.5, 0.6) is 0 Å². The molecule has 1 aromatic heterocycles. The van der Waals surface area contributed by atoms with Gasteiger partial charge < -0.3 is 4.42 Å². The Morgan fingerprint density at radius 3 is 2.76 bits per heavy atom. The summed E-state index contributed by atoms with van der Waals surface area (Å²) in [6.07, 6.45) is 0. The highest BCUT2D eigenvalue weighted by atomic mass is 79.9. The number of hydroxylamine groups is 1. The van der Waals surface area contributed by atoms with Crippen LogP contribution in [-0.2, 0) is 0 Å². The van der Waals surface area contributed by atoms with Gasteiger partial charge in [-0.3, -0.25) is 10.0 Å². The Hall–Kier alpha value is -1.59. The molecule has 0 fully saturated rings. The van der Waals surface area contributed by atoms with E-state index in [0.717, 1.165) is 15.6 Å². The number of rotatable bonds is 2. The lowest BCUT2D eigenvalue weighted by atomic mass is 10.1. The number of carbonyl (C=O) groups excluding carboxylic acids is 1. The van der Waals surface area contributed by atoms with Crippen LogP contribution < -0.4 is 5.48 Å². The summed E-state index contributed by atoms with van der Waals surface area (Å²) >= 11 is 3.38. The van der Waals surface area contributed by atoms with Crippen molar-refractivity contribution in [3.63, 3.8) is 0 Å². The van der Waals surface area contributed by atoms with Crippen LogP contribution in [0.3, 0.4) is 0 Å². The number of amides is 1. The van der Waals surface area contributed by atoms with Gasteiger partial charge in [-0.15, -0.1) is 0 Å². The summed E-state index contributed by atoms with van der Waals surface area (Å²) in [4.78, 5) is 11.1. The van der Waals surface area contributed by atoms with Gasteiger partial charge in [-0.1, -0.05) is 15.9 Å². The second kappa shape index (κ2) is 4.73. The van der Waals surface area contributed by atoms with Crippen LogP contribution in [0, 0.1) is 6.92 Å². The summed E-state index contributed by atoms with van der Waals surface area (Å²) in [5.41, 5.74) is 3.47. The maximum Gasteiger partial charge on any atom is 0.310 e. The molecule has 5 heteroatoms. The summed E-state index contributed by atoms with van der Waals surface area (Å²) in [5, 5.41) is 8.49. The van der Waals surface area contributed by atoms with Crippen molar-refractivity contribution < 1.29 is 14.4 Å². The number of furan rings is 1. The van der Waals surface area contributed by atoms with E-state index in [1.54, 1.807) is 6.07 Å². The van der Waals surface area contributed by atoms with Gasteiger partial charge in [0.15, 0.2) is 5.76 Å². The zero-order valence-electron chi connectivity index (χ0n) is 9.03. The van der Waals surface area contributed by atoms with E-state index in [1.807, 2.05) is 25.1 Å². The highest BCUT2D eigenvalue weighted by Crippen LogP contribution is 2.27. The van der Waals surface area contributed by atoms with E-state index in [4.69, 9.17) is 9.62 Å². The average Bonchev–Trinajstić information content (AvgIpc) is 2.77. The van der Waals surface area contributed by atoms with Crippen molar-refractivity contribution >= 4 is 21.8 Å². The molecule has 0 saturated carbocycles. The Balaban J connectivity index is 2.40. The lowest BCUT2D eigenvalue weighted by Gasteiger charge is -2.02. The van der Waals surface area contributed by atoms with Gasteiger partial charge >= 0.3 is 5.91 Å². The van der Waals surface area contributed by atoms with E-state index in [-0.39, 0.29) is 5.76 Å². The SMILES string of the molecule is Cc1cc(Br)ccc1-c1ccc(C(=O)NO)o1. The molecule has 1 heterocycles. The van der Waals surface area contributed by atoms with E-state index >= 15 is 0 Å². The molecule has 0 unspecified atom stereocenters. The van der Waals surface area contributed by atoms with Crippen LogP contribution in [0.15, 0.2) is 39.2 Å². The molecule has 88 valence electrons. The molecule has 0 radical (unpaired) electrons. The Morgan fingerprint density at radius 2 is 2.12 bits per heavy atom. The minimum Gasteiger partial charge on any atom is -0.451 e. The maximum atomic E-state index is 11.1. The van der Waals surface area contributed by atoms with Crippen LogP contribution in [0.25, 0.3) is 11.3 Å². The second-order valence-electron chi connectivity index (χ2n) is 3.56. The van der Waals surface area contributed by atoms with Gasteiger partial charge in [-0.2, -0.15) is 0 Å². The first kappa shape index (κ1) is 11.9. The summed E-state index contributed by atoms with van der Waals surface area (Å²) in [6.45, 7) is 1.95. The van der Waals surface area contributed by atoms with Crippen LogP contribution in [0.4, 0.5) is 0 Å². The Bertz CT molecular complexity index is 563. The molecule has 0 aliphatic heterocycles. The van der Waals surface area contributed by atoms with Crippen molar-refractivity contribution in [3.05, 3.63) is 46.1 Å². The Morgan fingerprint density at radius 1 is 1.35 bits per heavy atom.